The van der Waals surface area contributed by atoms with Gasteiger partial charge in [0.05, 0.1) is 37.4 Å². The van der Waals surface area contributed by atoms with Crippen molar-refractivity contribution in [2.45, 2.75) is 25.4 Å². The first-order valence-electron chi connectivity index (χ1n) is 12.8. The summed E-state index contributed by atoms with van der Waals surface area (Å²) in [5.74, 6) is -1.30. The third-order valence-corrected chi connectivity index (χ3v) is 5.48. The Morgan fingerprint density at radius 3 is 1.93 bits per heavy atom. The lowest BCUT2D eigenvalue weighted by atomic mass is 10.2. The molecule has 0 bridgehead atoms. The van der Waals surface area contributed by atoms with Gasteiger partial charge in [-0.15, -0.1) is 0 Å². The van der Waals surface area contributed by atoms with Gasteiger partial charge in [0.25, 0.3) is 0 Å². The number of ether oxygens (including phenoxy) is 4. The van der Waals surface area contributed by atoms with Crippen molar-refractivity contribution in [2.75, 3.05) is 31.3 Å². The van der Waals surface area contributed by atoms with Gasteiger partial charge in [0, 0.05) is 17.5 Å². The van der Waals surface area contributed by atoms with Crippen LogP contribution in [0.2, 0.25) is 0 Å². The van der Waals surface area contributed by atoms with E-state index in [0.717, 1.165) is 0 Å². The fraction of sp³-hybridized carbons (Fsp3) is 0.233. The second-order valence-electron chi connectivity index (χ2n) is 8.93. The fourth-order valence-electron chi connectivity index (χ4n) is 3.42. The number of benzene rings is 3. The SMILES string of the molecule is Nc1cc(N)cc(C(=O)OCCCCOC(=O)C=Cc2ccc(OC(=O)c3ccc(OCCC(F)(F)F)cc3)cc2)c1. The number of carbonyl (C=O) groups is 3. The van der Waals surface area contributed by atoms with Crippen LogP contribution in [0.5, 0.6) is 11.5 Å². The van der Waals surface area contributed by atoms with E-state index >= 15 is 0 Å². The smallest absolute Gasteiger partial charge is 0.392 e. The van der Waals surface area contributed by atoms with Gasteiger partial charge < -0.3 is 30.4 Å². The second-order valence-corrected chi connectivity index (χ2v) is 8.93. The number of esters is 3. The maximum Gasteiger partial charge on any atom is 0.392 e. The Hall–Kier alpha value is -5.00. The van der Waals surface area contributed by atoms with Crippen molar-refractivity contribution in [2.24, 2.45) is 0 Å². The molecule has 12 heteroatoms. The zero-order valence-electron chi connectivity index (χ0n) is 22.4. The van der Waals surface area contributed by atoms with Crippen LogP contribution < -0.4 is 20.9 Å². The maximum absolute atomic E-state index is 12.3. The molecule has 0 fully saturated rings. The Balaban J connectivity index is 1.33. The largest absolute Gasteiger partial charge is 0.493 e. The third kappa shape index (κ3) is 11.2. The lowest BCUT2D eigenvalue weighted by Gasteiger charge is -2.09. The zero-order chi connectivity index (χ0) is 30.5. The van der Waals surface area contributed by atoms with Crippen molar-refractivity contribution in [3.63, 3.8) is 0 Å². The molecule has 0 saturated heterocycles. The molecule has 0 amide bonds. The molecule has 4 N–H and O–H groups in total. The summed E-state index contributed by atoms with van der Waals surface area (Å²) in [4.78, 5) is 36.3. The van der Waals surface area contributed by atoms with Crippen LogP contribution >= 0.6 is 0 Å². The summed E-state index contributed by atoms with van der Waals surface area (Å²) >= 11 is 0. The van der Waals surface area contributed by atoms with Crippen LogP contribution in [0.1, 0.15) is 45.5 Å². The molecule has 0 heterocycles. The average Bonchev–Trinajstić information content (AvgIpc) is 2.93. The molecular formula is C30H29F3N2O7. The van der Waals surface area contributed by atoms with Crippen molar-refractivity contribution < 1.29 is 46.5 Å². The Bertz CT molecular complexity index is 1370. The van der Waals surface area contributed by atoms with Gasteiger partial charge in [-0.05, 0) is 79.1 Å². The zero-order valence-corrected chi connectivity index (χ0v) is 22.4. The predicted octanol–water partition coefficient (Wildman–Crippen LogP) is 5.60. The van der Waals surface area contributed by atoms with E-state index < -0.39 is 37.1 Å². The van der Waals surface area contributed by atoms with Crippen LogP contribution in [-0.2, 0) is 14.3 Å². The number of hydrogen-bond donors (Lipinski definition) is 2. The molecule has 0 aliphatic carbocycles. The molecule has 0 aliphatic rings. The topological polar surface area (TPSA) is 140 Å². The highest BCUT2D eigenvalue weighted by Crippen LogP contribution is 2.21. The average molecular weight is 587 g/mol. The van der Waals surface area contributed by atoms with E-state index in [1.54, 1.807) is 12.1 Å². The number of rotatable bonds is 13. The Morgan fingerprint density at radius 2 is 1.31 bits per heavy atom. The van der Waals surface area contributed by atoms with E-state index in [2.05, 4.69) is 0 Å². The minimum atomic E-state index is -4.31. The lowest BCUT2D eigenvalue weighted by molar-refractivity contribution is -0.140. The Morgan fingerprint density at radius 1 is 0.714 bits per heavy atom. The number of hydrogen-bond acceptors (Lipinski definition) is 9. The van der Waals surface area contributed by atoms with Gasteiger partial charge >= 0.3 is 24.1 Å². The lowest BCUT2D eigenvalue weighted by Crippen LogP contribution is -2.13. The standard InChI is InChI=1S/C30H29F3N2O7/c31-30(32,33)13-16-39-25-10-6-21(7-11-25)29(38)42-26-8-3-20(4-9-26)5-12-27(36)40-14-1-2-15-41-28(37)22-17-23(34)19-24(35)18-22/h3-12,17-19H,1-2,13-16,34-35H2. The van der Waals surface area contributed by atoms with E-state index in [9.17, 15) is 27.6 Å². The summed E-state index contributed by atoms with van der Waals surface area (Å²) in [7, 11) is 0. The summed E-state index contributed by atoms with van der Waals surface area (Å²) < 4.78 is 57.2. The normalized spacial score (nSPS) is 11.2. The van der Waals surface area contributed by atoms with Crippen LogP contribution in [0, 0.1) is 0 Å². The quantitative estimate of drug-likeness (QED) is 0.0862. The van der Waals surface area contributed by atoms with Crippen molar-refractivity contribution >= 4 is 35.4 Å². The van der Waals surface area contributed by atoms with Gasteiger partial charge in [-0.3, -0.25) is 0 Å². The number of unbranched alkanes of at least 4 members (excludes halogenated alkanes) is 1. The monoisotopic (exact) mass is 586 g/mol. The van der Waals surface area contributed by atoms with Gasteiger partial charge in [-0.25, -0.2) is 14.4 Å². The number of carbonyl (C=O) groups excluding carboxylic acids is 3. The van der Waals surface area contributed by atoms with Gasteiger partial charge in [-0.2, -0.15) is 13.2 Å². The first kappa shape index (κ1) is 31.5. The number of nitrogens with two attached hydrogens (primary N) is 2. The molecule has 3 aromatic rings. The summed E-state index contributed by atoms with van der Waals surface area (Å²) in [5.41, 5.74) is 13.2. The molecule has 0 aromatic heterocycles. The maximum atomic E-state index is 12.3. The second kappa shape index (κ2) is 15.1. The first-order chi connectivity index (χ1) is 20.0. The van der Waals surface area contributed by atoms with E-state index in [1.807, 2.05) is 0 Å². The van der Waals surface area contributed by atoms with E-state index in [1.165, 1.54) is 66.7 Å². The van der Waals surface area contributed by atoms with E-state index in [-0.39, 0.29) is 35.8 Å². The van der Waals surface area contributed by atoms with Gasteiger partial charge in [0.2, 0.25) is 0 Å². The Labute approximate surface area is 239 Å². The highest BCUT2D eigenvalue weighted by molar-refractivity contribution is 5.92. The molecule has 0 atom stereocenters. The van der Waals surface area contributed by atoms with Crippen molar-refractivity contribution in [3.8, 4) is 11.5 Å². The summed E-state index contributed by atoms with van der Waals surface area (Å²) in [6.45, 7) is -0.238. The van der Waals surface area contributed by atoms with Crippen LogP contribution in [0.15, 0.2) is 72.8 Å². The first-order valence-corrected chi connectivity index (χ1v) is 12.8. The molecule has 0 radical (unpaired) electrons. The number of alkyl halides is 3. The predicted molar refractivity (Wildman–Crippen MR) is 149 cm³/mol. The van der Waals surface area contributed by atoms with E-state index in [4.69, 9.17) is 30.4 Å². The number of anilines is 2. The number of halogens is 3. The molecular weight excluding hydrogens is 557 g/mol. The van der Waals surface area contributed by atoms with Crippen LogP contribution in [0.4, 0.5) is 24.5 Å². The highest BCUT2D eigenvalue weighted by atomic mass is 19.4. The molecule has 222 valence electrons. The summed E-state index contributed by atoms with van der Waals surface area (Å²) in [6.07, 6.45) is -1.63. The number of nitrogen functional groups attached to an aromatic ring is 2. The molecule has 0 saturated carbocycles. The summed E-state index contributed by atoms with van der Waals surface area (Å²) in [6, 6.07) is 16.4. The molecule has 42 heavy (non-hydrogen) atoms. The Kier molecular flexibility index (Phi) is 11.4. The van der Waals surface area contributed by atoms with E-state index in [0.29, 0.717) is 29.8 Å². The molecule has 3 aromatic carbocycles. The van der Waals surface area contributed by atoms with Crippen LogP contribution in [0.3, 0.4) is 0 Å². The van der Waals surface area contributed by atoms with Gasteiger partial charge in [0.15, 0.2) is 0 Å². The third-order valence-electron chi connectivity index (χ3n) is 5.48. The molecule has 0 aliphatic heterocycles. The van der Waals surface area contributed by atoms with Gasteiger partial charge in [-0.1, -0.05) is 12.1 Å². The minimum absolute atomic E-state index is 0.140. The fourth-order valence-corrected chi connectivity index (χ4v) is 3.42. The molecule has 3 rings (SSSR count). The highest BCUT2D eigenvalue weighted by Gasteiger charge is 2.26. The molecule has 9 nitrogen and oxygen atoms in total. The minimum Gasteiger partial charge on any atom is -0.493 e. The van der Waals surface area contributed by atoms with Crippen molar-refractivity contribution in [1.82, 2.24) is 0 Å². The van der Waals surface area contributed by atoms with Crippen molar-refractivity contribution in [1.29, 1.82) is 0 Å². The van der Waals surface area contributed by atoms with Crippen LogP contribution in [-0.4, -0.2) is 43.9 Å². The van der Waals surface area contributed by atoms with Gasteiger partial charge in [0.1, 0.15) is 11.5 Å². The molecule has 0 spiro atoms. The van der Waals surface area contributed by atoms with Crippen LogP contribution in [0.25, 0.3) is 6.08 Å². The van der Waals surface area contributed by atoms with Crippen molar-refractivity contribution in [3.05, 3.63) is 89.5 Å². The molecule has 0 unspecified atom stereocenters. The summed E-state index contributed by atoms with van der Waals surface area (Å²) in [5, 5.41) is 0.